The zero-order valence-corrected chi connectivity index (χ0v) is 15.8. The second-order valence-electron chi connectivity index (χ2n) is 8.27. The van der Waals surface area contributed by atoms with E-state index in [9.17, 15) is 27.9 Å². The van der Waals surface area contributed by atoms with Gasteiger partial charge in [0.05, 0.1) is 5.41 Å². The van der Waals surface area contributed by atoms with E-state index in [1.807, 2.05) is 0 Å². The van der Waals surface area contributed by atoms with Crippen LogP contribution in [0.15, 0.2) is 28.5 Å². The molecule has 0 unspecified atom stereocenters. The van der Waals surface area contributed by atoms with Crippen molar-refractivity contribution in [3.63, 3.8) is 0 Å². The number of allylic oxidation sites excluding steroid dienone is 1. The summed E-state index contributed by atoms with van der Waals surface area (Å²) in [5.41, 5.74) is -3.30. The van der Waals surface area contributed by atoms with E-state index in [0.717, 1.165) is 12.1 Å². The molecule has 0 aliphatic heterocycles. The number of alkyl halides is 2. The minimum atomic E-state index is -2.81. The molecule has 1 N–H and O–H groups in total. The van der Waals surface area contributed by atoms with Crippen molar-refractivity contribution in [3.05, 3.63) is 35.6 Å². The van der Waals surface area contributed by atoms with Crippen molar-refractivity contribution in [1.82, 2.24) is 0 Å². The molecule has 0 radical (unpaired) electrons. The van der Waals surface area contributed by atoms with E-state index < -0.39 is 52.3 Å². The summed E-state index contributed by atoms with van der Waals surface area (Å²) in [6.45, 7) is 7.97. The number of carbonyl (C=O) groups is 2. The molecule has 0 saturated heterocycles. The van der Waals surface area contributed by atoms with Gasteiger partial charge in [-0.15, -0.1) is 0 Å². The number of carboxylic acids is 1. The van der Waals surface area contributed by atoms with Crippen LogP contribution in [0.4, 0.5) is 13.2 Å². The molecule has 1 heterocycles. The van der Waals surface area contributed by atoms with E-state index in [1.54, 1.807) is 34.6 Å². The molecule has 0 spiro atoms. The molecular weight excluding hydrogens is 365 g/mol. The first-order chi connectivity index (χ1) is 12.2. The summed E-state index contributed by atoms with van der Waals surface area (Å²) < 4.78 is 49.6. The Labute approximate surface area is 155 Å². The summed E-state index contributed by atoms with van der Waals surface area (Å²) in [4.78, 5) is 23.8. The molecule has 1 saturated carbocycles. The van der Waals surface area contributed by atoms with E-state index in [2.05, 4.69) is 0 Å². The maximum Gasteiger partial charge on any atom is 0.367 e. The number of halogens is 3. The van der Waals surface area contributed by atoms with Crippen LogP contribution in [0.2, 0.25) is 0 Å². The molecule has 0 amide bonds. The van der Waals surface area contributed by atoms with E-state index in [4.69, 9.17) is 9.15 Å². The number of hydrogen-bond acceptors (Lipinski definition) is 4. The standard InChI is InChI=1S/C19H23F3O5/c1-17(2,3)27-15(23)11(20)8-13-18(4,5)19(13,16(24)25)9-10-6-7-12(26-10)14(21)22/h6-8,13-14H,9H2,1-5H3,(H,24,25)/b11-8-/t13-,19+/m1/s1. The quantitative estimate of drug-likeness (QED) is 0.566. The van der Waals surface area contributed by atoms with Gasteiger partial charge >= 0.3 is 11.9 Å². The topological polar surface area (TPSA) is 76.7 Å². The molecule has 5 nitrogen and oxygen atoms in total. The van der Waals surface area contributed by atoms with Crippen molar-refractivity contribution < 1.29 is 37.0 Å². The predicted molar refractivity (Wildman–Crippen MR) is 89.7 cm³/mol. The molecule has 1 aliphatic carbocycles. The molecular formula is C19H23F3O5. The molecule has 1 fully saturated rings. The third-order valence-electron chi connectivity index (χ3n) is 5.01. The first-order valence-electron chi connectivity index (χ1n) is 8.43. The summed E-state index contributed by atoms with van der Waals surface area (Å²) in [6, 6.07) is 2.36. The largest absolute Gasteiger partial charge is 0.481 e. The predicted octanol–water partition coefficient (Wildman–Crippen LogP) is 4.68. The fourth-order valence-corrected chi connectivity index (χ4v) is 3.49. The molecule has 2 rings (SSSR count). The Morgan fingerprint density at radius 1 is 1.33 bits per heavy atom. The lowest BCUT2D eigenvalue weighted by atomic mass is 9.91. The van der Waals surface area contributed by atoms with E-state index in [-0.39, 0.29) is 12.2 Å². The van der Waals surface area contributed by atoms with Crippen molar-refractivity contribution in [2.75, 3.05) is 0 Å². The fraction of sp³-hybridized carbons (Fsp3) is 0.579. The van der Waals surface area contributed by atoms with Crippen LogP contribution in [0, 0.1) is 16.7 Å². The maximum atomic E-state index is 14.3. The first kappa shape index (κ1) is 21.1. The van der Waals surface area contributed by atoms with Gasteiger partial charge in [-0.1, -0.05) is 13.8 Å². The van der Waals surface area contributed by atoms with Crippen LogP contribution in [-0.4, -0.2) is 22.6 Å². The first-order valence-corrected chi connectivity index (χ1v) is 8.43. The highest BCUT2D eigenvalue weighted by atomic mass is 19.3. The van der Waals surface area contributed by atoms with Crippen molar-refractivity contribution in [1.29, 1.82) is 0 Å². The van der Waals surface area contributed by atoms with E-state index in [1.165, 1.54) is 6.07 Å². The number of hydrogen-bond donors (Lipinski definition) is 1. The monoisotopic (exact) mass is 388 g/mol. The minimum Gasteiger partial charge on any atom is -0.481 e. The Morgan fingerprint density at radius 3 is 2.37 bits per heavy atom. The molecule has 27 heavy (non-hydrogen) atoms. The van der Waals surface area contributed by atoms with Gasteiger partial charge in [0.25, 0.3) is 6.43 Å². The number of carbonyl (C=O) groups excluding carboxylic acids is 1. The second kappa shape index (κ2) is 6.73. The van der Waals surface area contributed by atoms with Crippen LogP contribution < -0.4 is 0 Å². The zero-order valence-electron chi connectivity index (χ0n) is 15.8. The molecule has 1 aliphatic rings. The van der Waals surface area contributed by atoms with Gasteiger partial charge < -0.3 is 14.3 Å². The number of esters is 1. The second-order valence-corrected chi connectivity index (χ2v) is 8.27. The van der Waals surface area contributed by atoms with Crippen LogP contribution in [0.25, 0.3) is 0 Å². The summed E-state index contributed by atoms with van der Waals surface area (Å²) >= 11 is 0. The van der Waals surface area contributed by atoms with Crippen LogP contribution in [0.3, 0.4) is 0 Å². The molecule has 0 bridgehead atoms. The molecule has 8 heteroatoms. The lowest BCUT2D eigenvalue weighted by Crippen LogP contribution is -2.25. The van der Waals surface area contributed by atoms with Crippen LogP contribution in [-0.2, 0) is 20.7 Å². The van der Waals surface area contributed by atoms with Gasteiger partial charge in [-0.3, -0.25) is 4.79 Å². The van der Waals surface area contributed by atoms with E-state index >= 15 is 0 Å². The van der Waals surface area contributed by atoms with Gasteiger partial charge in [-0.25, -0.2) is 13.6 Å². The average molecular weight is 388 g/mol. The number of carboxylic acid groups (broad SMARTS) is 1. The highest BCUT2D eigenvalue weighted by molar-refractivity contribution is 5.88. The minimum absolute atomic E-state index is 0.0642. The third kappa shape index (κ3) is 3.89. The zero-order chi connectivity index (χ0) is 20.8. The van der Waals surface area contributed by atoms with Gasteiger partial charge in [-0.2, -0.15) is 4.39 Å². The van der Waals surface area contributed by atoms with Crippen molar-refractivity contribution in [2.24, 2.45) is 16.7 Å². The van der Waals surface area contributed by atoms with Crippen LogP contribution >= 0.6 is 0 Å². The molecule has 150 valence electrons. The number of aliphatic carboxylic acids is 1. The Hall–Kier alpha value is -2.25. The van der Waals surface area contributed by atoms with Crippen molar-refractivity contribution >= 4 is 11.9 Å². The van der Waals surface area contributed by atoms with Gasteiger partial charge in [0, 0.05) is 12.3 Å². The number of furan rings is 1. The van der Waals surface area contributed by atoms with Gasteiger partial charge in [0.15, 0.2) is 5.76 Å². The number of rotatable bonds is 6. The number of ether oxygens (including phenoxy) is 1. The normalized spacial score (nSPS) is 24.8. The summed E-state index contributed by atoms with van der Waals surface area (Å²) in [6.07, 6.45) is -2.07. The molecule has 1 aromatic rings. The smallest absolute Gasteiger partial charge is 0.367 e. The Bertz CT molecular complexity index is 773. The molecule has 2 atom stereocenters. The summed E-state index contributed by atoms with van der Waals surface area (Å²) in [7, 11) is 0. The summed E-state index contributed by atoms with van der Waals surface area (Å²) in [5.74, 6) is -4.91. The van der Waals surface area contributed by atoms with Crippen LogP contribution in [0.1, 0.15) is 52.6 Å². The van der Waals surface area contributed by atoms with Crippen molar-refractivity contribution in [3.8, 4) is 0 Å². The Balaban J connectivity index is 2.29. The highest BCUT2D eigenvalue weighted by Gasteiger charge is 2.75. The highest BCUT2D eigenvalue weighted by Crippen LogP contribution is 2.71. The fourth-order valence-electron chi connectivity index (χ4n) is 3.49. The van der Waals surface area contributed by atoms with Gasteiger partial charge in [-0.05, 0) is 44.4 Å². The molecule has 1 aromatic heterocycles. The average Bonchev–Trinajstić information content (AvgIpc) is 2.85. The third-order valence-corrected chi connectivity index (χ3v) is 5.01. The van der Waals surface area contributed by atoms with Crippen molar-refractivity contribution in [2.45, 2.75) is 53.1 Å². The summed E-state index contributed by atoms with van der Waals surface area (Å²) in [5, 5.41) is 9.77. The Morgan fingerprint density at radius 2 is 1.93 bits per heavy atom. The lowest BCUT2D eigenvalue weighted by Gasteiger charge is -2.18. The van der Waals surface area contributed by atoms with E-state index in [0.29, 0.717) is 0 Å². The lowest BCUT2D eigenvalue weighted by molar-refractivity contribution is -0.152. The maximum absolute atomic E-state index is 14.3. The Kier molecular flexibility index (Phi) is 5.24. The van der Waals surface area contributed by atoms with Crippen LogP contribution in [0.5, 0.6) is 0 Å². The van der Waals surface area contributed by atoms with Gasteiger partial charge in [0.1, 0.15) is 11.4 Å². The molecule has 0 aromatic carbocycles. The van der Waals surface area contributed by atoms with Gasteiger partial charge in [0.2, 0.25) is 5.83 Å². The SMILES string of the molecule is CC(C)(C)OC(=O)/C(F)=C/[C@@H]1C(C)(C)[C@]1(Cc1ccc(C(F)F)o1)C(=O)O.